The first-order chi connectivity index (χ1) is 12.6. The van der Waals surface area contributed by atoms with Crippen molar-refractivity contribution in [3.8, 4) is 21.1 Å². The van der Waals surface area contributed by atoms with Crippen molar-refractivity contribution in [2.24, 2.45) is 0 Å². The number of aryl methyl sites for hydroxylation is 1. The average molecular weight is 366 g/mol. The van der Waals surface area contributed by atoms with Gasteiger partial charge in [-0.15, -0.1) is 21.5 Å². The second-order valence-electron chi connectivity index (χ2n) is 5.90. The Morgan fingerprint density at radius 1 is 1.12 bits per heavy atom. The Hall–Kier alpha value is -2.90. The molecule has 0 saturated heterocycles. The summed E-state index contributed by atoms with van der Waals surface area (Å²) in [5.41, 5.74) is 2.67. The number of H-pyrrole nitrogens is 1. The quantitative estimate of drug-likeness (QED) is 0.570. The first-order valence-corrected chi connectivity index (χ1v) is 8.80. The van der Waals surface area contributed by atoms with Gasteiger partial charge >= 0.3 is 0 Å². The topological polar surface area (TPSA) is 74.7 Å². The highest BCUT2D eigenvalue weighted by molar-refractivity contribution is 7.19. The van der Waals surface area contributed by atoms with Crippen LogP contribution in [0, 0.1) is 12.7 Å². The fourth-order valence-electron chi connectivity index (χ4n) is 2.81. The van der Waals surface area contributed by atoms with Crippen molar-refractivity contribution in [2.75, 3.05) is 0 Å². The van der Waals surface area contributed by atoms with E-state index in [-0.39, 0.29) is 5.56 Å². The molecule has 4 rings (SSSR count). The SMILES string of the molecule is Cc1ccc(F)c(C(O)c2cc(-c3ccncc3)sc2-c2nnc[nH]2)c1. The molecule has 130 valence electrons. The van der Waals surface area contributed by atoms with Crippen molar-refractivity contribution in [3.63, 3.8) is 0 Å². The minimum atomic E-state index is -1.11. The molecule has 7 heteroatoms. The molecule has 5 nitrogen and oxygen atoms in total. The predicted molar refractivity (Wildman–Crippen MR) is 98.1 cm³/mol. The Morgan fingerprint density at radius 2 is 1.92 bits per heavy atom. The summed E-state index contributed by atoms with van der Waals surface area (Å²) in [5, 5.41) is 18.8. The largest absolute Gasteiger partial charge is 0.383 e. The normalized spacial score (nSPS) is 12.3. The zero-order valence-electron chi connectivity index (χ0n) is 13.8. The number of hydrogen-bond donors (Lipinski definition) is 2. The lowest BCUT2D eigenvalue weighted by Gasteiger charge is -2.13. The predicted octanol–water partition coefficient (Wildman–Crippen LogP) is 4.12. The molecule has 0 spiro atoms. The number of aromatic amines is 1. The van der Waals surface area contributed by atoms with Gasteiger partial charge in [0, 0.05) is 28.4 Å². The number of halogens is 1. The molecule has 0 bridgehead atoms. The van der Waals surface area contributed by atoms with E-state index in [1.54, 1.807) is 24.5 Å². The molecule has 1 aromatic carbocycles. The Labute approximate surface area is 153 Å². The van der Waals surface area contributed by atoms with E-state index in [0.717, 1.165) is 20.9 Å². The van der Waals surface area contributed by atoms with Gasteiger partial charge in [0.25, 0.3) is 0 Å². The molecule has 3 heterocycles. The van der Waals surface area contributed by atoms with Crippen molar-refractivity contribution in [2.45, 2.75) is 13.0 Å². The third-order valence-corrected chi connectivity index (χ3v) is 5.30. The van der Waals surface area contributed by atoms with Gasteiger partial charge in [-0.3, -0.25) is 4.98 Å². The van der Waals surface area contributed by atoms with E-state index in [4.69, 9.17) is 0 Å². The fraction of sp³-hybridized carbons (Fsp3) is 0.105. The summed E-state index contributed by atoms with van der Waals surface area (Å²) in [6.07, 6.45) is 3.78. The number of aromatic nitrogens is 4. The van der Waals surface area contributed by atoms with Crippen LogP contribution in [0.4, 0.5) is 4.39 Å². The van der Waals surface area contributed by atoms with Crippen molar-refractivity contribution in [3.05, 3.63) is 77.6 Å². The number of rotatable bonds is 4. The summed E-state index contributed by atoms with van der Waals surface area (Å²) in [5.74, 6) is 0.0979. The molecule has 4 aromatic rings. The van der Waals surface area contributed by atoms with Crippen LogP contribution in [-0.2, 0) is 0 Å². The molecule has 0 aliphatic heterocycles. The van der Waals surface area contributed by atoms with Crippen molar-refractivity contribution < 1.29 is 9.50 Å². The molecule has 2 N–H and O–H groups in total. The van der Waals surface area contributed by atoms with E-state index in [0.29, 0.717) is 11.4 Å². The molecule has 1 unspecified atom stereocenters. The van der Waals surface area contributed by atoms with Crippen LogP contribution in [0.3, 0.4) is 0 Å². The molecule has 0 aliphatic carbocycles. The Kier molecular flexibility index (Phi) is 4.32. The van der Waals surface area contributed by atoms with E-state index in [2.05, 4.69) is 20.2 Å². The molecule has 3 aromatic heterocycles. The molecule has 0 saturated carbocycles. The number of nitrogens with one attached hydrogen (secondary N) is 1. The zero-order chi connectivity index (χ0) is 18.1. The second-order valence-corrected chi connectivity index (χ2v) is 6.95. The maximum Gasteiger partial charge on any atom is 0.171 e. The number of aliphatic hydroxyl groups is 1. The average Bonchev–Trinajstić information content (AvgIpc) is 3.33. The van der Waals surface area contributed by atoms with Crippen LogP contribution < -0.4 is 0 Å². The maximum atomic E-state index is 14.3. The van der Waals surface area contributed by atoms with Gasteiger partial charge in [-0.2, -0.15) is 0 Å². The maximum absolute atomic E-state index is 14.3. The number of aliphatic hydroxyl groups excluding tert-OH is 1. The number of hydrogen-bond acceptors (Lipinski definition) is 5. The van der Waals surface area contributed by atoms with Crippen molar-refractivity contribution in [1.29, 1.82) is 0 Å². The summed E-state index contributed by atoms with van der Waals surface area (Å²) in [4.78, 5) is 8.65. The highest BCUT2D eigenvalue weighted by Gasteiger charge is 2.24. The third-order valence-electron chi connectivity index (χ3n) is 4.10. The first-order valence-electron chi connectivity index (χ1n) is 7.98. The number of thiophene rings is 1. The van der Waals surface area contributed by atoms with Gasteiger partial charge in [0.2, 0.25) is 0 Å². The summed E-state index contributed by atoms with van der Waals surface area (Å²) >= 11 is 1.46. The van der Waals surface area contributed by atoms with E-state index >= 15 is 0 Å². The van der Waals surface area contributed by atoms with Gasteiger partial charge in [-0.05, 0) is 36.8 Å². The molecule has 0 amide bonds. The molecule has 1 atom stereocenters. The molecule has 26 heavy (non-hydrogen) atoms. The molecular weight excluding hydrogens is 351 g/mol. The minimum Gasteiger partial charge on any atom is -0.383 e. The summed E-state index contributed by atoms with van der Waals surface area (Å²) in [7, 11) is 0. The standard InChI is InChI=1S/C19H15FN4OS/c1-11-2-3-15(20)13(8-11)17(25)14-9-16(12-4-6-21-7-5-12)26-18(14)19-22-10-23-24-19/h2-10,17,25H,1H3,(H,22,23,24). The first kappa shape index (κ1) is 16.6. The van der Waals surface area contributed by atoms with E-state index < -0.39 is 11.9 Å². The second kappa shape index (κ2) is 6.78. The Bertz CT molecular complexity index is 1030. The van der Waals surface area contributed by atoms with Crippen LogP contribution in [0.2, 0.25) is 0 Å². The lowest BCUT2D eigenvalue weighted by atomic mass is 9.99. The van der Waals surface area contributed by atoms with Crippen molar-refractivity contribution in [1.82, 2.24) is 20.2 Å². The van der Waals surface area contributed by atoms with Gasteiger partial charge in [-0.1, -0.05) is 17.7 Å². The van der Waals surface area contributed by atoms with Crippen LogP contribution in [0.15, 0.2) is 55.1 Å². The monoisotopic (exact) mass is 366 g/mol. The number of nitrogens with zero attached hydrogens (tertiary/aromatic N) is 3. The highest BCUT2D eigenvalue weighted by Crippen LogP contribution is 2.41. The summed E-state index contributed by atoms with van der Waals surface area (Å²) < 4.78 is 14.3. The van der Waals surface area contributed by atoms with Gasteiger partial charge < -0.3 is 10.1 Å². The highest BCUT2D eigenvalue weighted by atomic mass is 32.1. The van der Waals surface area contributed by atoms with Crippen LogP contribution in [0.25, 0.3) is 21.1 Å². The Balaban J connectivity index is 1.86. The van der Waals surface area contributed by atoms with Crippen molar-refractivity contribution >= 4 is 11.3 Å². The van der Waals surface area contributed by atoms with Gasteiger partial charge in [-0.25, -0.2) is 4.39 Å². The van der Waals surface area contributed by atoms with Gasteiger partial charge in [0.15, 0.2) is 5.82 Å². The molecule has 0 fully saturated rings. The lowest BCUT2D eigenvalue weighted by Crippen LogP contribution is -2.03. The third kappa shape index (κ3) is 3.02. The molecule has 0 aliphatic rings. The Morgan fingerprint density at radius 3 is 2.65 bits per heavy atom. The minimum absolute atomic E-state index is 0.241. The molecule has 0 radical (unpaired) electrons. The number of pyridine rings is 1. The summed E-state index contributed by atoms with van der Waals surface area (Å²) in [6.45, 7) is 1.86. The van der Waals surface area contributed by atoms with Crippen LogP contribution in [-0.4, -0.2) is 25.3 Å². The van der Waals surface area contributed by atoms with Crippen LogP contribution >= 0.6 is 11.3 Å². The van der Waals surface area contributed by atoms with Gasteiger partial charge in [0.05, 0.1) is 4.88 Å². The number of benzene rings is 1. The smallest absolute Gasteiger partial charge is 0.171 e. The molecular formula is C19H15FN4OS. The summed E-state index contributed by atoms with van der Waals surface area (Å²) in [6, 6.07) is 10.4. The van der Waals surface area contributed by atoms with Gasteiger partial charge in [0.1, 0.15) is 18.2 Å². The lowest BCUT2D eigenvalue weighted by molar-refractivity contribution is 0.216. The van der Waals surface area contributed by atoms with Crippen LogP contribution in [0.5, 0.6) is 0 Å². The van der Waals surface area contributed by atoms with E-state index in [1.807, 2.05) is 25.1 Å². The van der Waals surface area contributed by atoms with E-state index in [1.165, 1.54) is 23.7 Å². The fourth-order valence-corrected chi connectivity index (χ4v) is 3.95. The zero-order valence-corrected chi connectivity index (χ0v) is 14.7. The van der Waals surface area contributed by atoms with Crippen LogP contribution in [0.1, 0.15) is 22.8 Å². The van der Waals surface area contributed by atoms with E-state index in [9.17, 15) is 9.50 Å².